The van der Waals surface area contributed by atoms with Crippen LogP contribution in [0.3, 0.4) is 0 Å². The number of benzene rings is 3. The number of nitrogens with zero attached hydrogens (tertiary/aromatic N) is 5. The van der Waals surface area contributed by atoms with Gasteiger partial charge in [0.2, 0.25) is 5.71 Å². The molecule has 0 bridgehead atoms. The van der Waals surface area contributed by atoms with Crippen LogP contribution in [-0.4, -0.2) is 24.5 Å². The van der Waals surface area contributed by atoms with Crippen molar-refractivity contribution in [2.75, 3.05) is 0 Å². The number of rotatable bonds is 5. The third-order valence-electron chi connectivity index (χ3n) is 9.09. The molecule has 0 N–H and O–H groups in total. The van der Waals surface area contributed by atoms with Gasteiger partial charge in [0.15, 0.2) is 5.58 Å². The van der Waals surface area contributed by atoms with Crippen LogP contribution in [-0.2, 0) is 0 Å². The summed E-state index contributed by atoms with van der Waals surface area (Å²) in [6.07, 6.45) is 5.52. The summed E-state index contributed by atoms with van der Waals surface area (Å²) >= 11 is 0. The average Bonchev–Trinajstić information content (AvgIpc) is 3.62. The molecule has 8 aromatic rings. The molecule has 8 rings (SSSR count). The van der Waals surface area contributed by atoms with E-state index >= 15 is 0 Å². The van der Waals surface area contributed by atoms with Crippen LogP contribution in [0.1, 0.15) is 62.0 Å². The van der Waals surface area contributed by atoms with Crippen molar-refractivity contribution in [2.45, 2.75) is 53.4 Å². The Morgan fingerprint density at radius 3 is 2.26 bits per heavy atom. The Labute approximate surface area is 267 Å². The molecule has 6 heteroatoms. The van der Waals surface area contributed by atoms with Gasteiger partial charge in [0.25, 0.3) is 0 Å². The maximum atomic E-state index is 6.23. The van der Waals surface area contributed by atoms with E-state index < -0.39 is 0 Å². The number of aromatic nitrogens is 5. The third kappa shape index (κ3) is 4.39. The maximum Gasteiger partial charge on any atom is 0.227 e. The molecule has 0 spiro atoms. The lowest BCUT2D eigenvalue weighted by molar-refractivity contribution is 0.651. The van der Waals surface area contributed by atoms with Crippen molar-refractivity contribution >= 4 is 43.9 Å². The summed E-state index contributed by atoms with van der Waals surface area (Å²) in [5.41, 5.74) is 12.0. The number of imidazole rings is 1. The minimum absolute atomic E-state index is 0.242. The quantitative estimate of drug-likeness (QED) is 0.196. The Hall–Kier alpha value is -5.36. The molecule has 0 atom stereocenters. The molecule has 0 aliphatic rings. The molecule has 0 fully saturated rings. The number of aryl methyl sites for hydroxylation is 2. The van der Waals surface area contributed by atoms with Crippen molar-refractivity contribution in [3.8, 4) is 28.2 Å². The fourth-order valence-electron chi connectivity index (χ4n) is 6.81. The number of hydrogen-bond donors (Lipinski definition) is 0. The lowest BCUT2D eigenvalue weighted by Crippen LogP contribution is -2.10. The minimum Gasteiger partial charge on any atom is -0.436 e. The molecular weight excluding hydrogens is 566 g/mol. The predicted molar refractivity (Wildman–Crippen MR) is 188 cm³/mol. The van der Waals surface area contributed by atoms with E-state index in [4.69, 9.17) is 14.4 Å². The third-order valence-corrected chi connectivity index (χ3v) is 9.09. The molecule has 226 valence electrons. The Kier molecular flexibility index (Phi) is 6.50. The van der Waals surface area contributed by atoms with E-state index in [9.17, 15) is 0 Å². The highest BCUT2D eigenvalue weighted by Gasteiger charge is 2.26. The smallest absolute Gasteiger partial charge is 0.227 e. The van der Waals surface area contributed by atoms with Gasteiger partial charge in [0.1, 0.15) is 5.82 Å². The van der Waals surface area contributed by atoms with Gasteiger partial charge in [0, 0.05) is 34.4 Å². The second-order valence-electron chi connectivity index (χ2n) is 12.9. The summed E-state index contributed by atoms with van der Waals surface area (Å²) < 4.78 is 8.57. The highest BCUT2D eigenvalue weighted by atomic mass is 16.3. The second-order valence-corrected chi connectivity index (χ2v) is 12.9. The minimum atomic E-state index is 0.242. The van der Waals surface area contributed by atoms with Crippen LogP contribution in [0.4, 0.5) is 0 Å². The molecule has 3 aromatic carbocycles. The Balaban J connectivity index is 1.47. The lowest BCUT2D eigenvalue weighted by atomic mass is 9.87. The van der Waals surface area contributed by atoms with Crippen molar-refractivity contribution in [1.29, 1.82) is 0 Å². The molecule has 0 aliphatic carbocycles. The van der Waals surface area contributed by atoms with Crippen LogP contribution in [0, 0.1) is 13.8 Å². The fourth-order valence-corrected chi connectivity index (χ4v) is 6.81. The van der Waals surface area contributed by atoms with Crippen LogP contribution in [0.15, 0.2) is 95.8 Å². The number of furan rings is 1. The first-order valence-corrected chi connectivity index (χ1v) is 15.9. The highest BCUT2D eigenvalue weighted by molar-refractivity contribution is 6.11. The molecule has 0 amide bonds. The van der Waals surface area contributed by atoms with E-state index in [1.165, 1.54) is 33.0 Å². The first-order valence-electron chi connectivity index (χ1n) is 15.9. The summed E-state index contributed by atoms with van der Waals surface area (Å²) in [4.78, 5) is 19.4. The fraction of sp³-hybridized carbons (Fsp3) is 0.200. The summed E-state index contributed by atoms with van der Waals surface area (Å²) in [5, 5.41) is 4.40. The highest BCUT2D eigenvalue weighted by Crippen LogP contribution is 2.43. The van der Waals surface area contributed by atoms with Gasteiger partial charge in [-0.15, -0.1) is 0 Å². The molecule has 0 unspecified atom stereocenters. The Morgan fingerprint density at radius 2 is 1.50 bits per heavy atom. The standard InChI is InChI=1S/C40H35N5O/c1-22(2)31-18-29(28-13-12-26-9-7-8-10-27(26)17-28)19-32(23(3)4)38(31)45-37-25(6)42-16-15-34(37)44-39(45)33-20-41-21-35-36(33)30-14-11-24(5)43-40(30)46-35/h7-23H,1-6H3. The van der Waals surface area contributed by atoms with Crippen LogP contribution in [0.5, 0.6) is 0 Å². The molecule has 0 aliphatic heterocycles. The number of fused-ring (bicyclic) bond motifs is 5. The largest absolute Gasteiger partial charge is 0.436 e. The van der Waals surface area contributed by atoms with Crippen LogP contribution >= 0.6 is 0 Å². The SMILES string of the molecule is Cc1ccc2c(n1)oc1cncc(-c3nc4ccnc(C)c4n3-c3c(C(C)C)cc(-c4ccc5ccccc5c4)cc3C(C)C)c12. The summed E-state index contributed by atoms with van der Waals surface area (Å²) in [5.74, 6) is 1.30. The van der Waals surface area contributed by atoms with Crippen LogP contribution in [0.2, 0.25) is 0 Å². The topological polar surface area (TPSA) is 69.6 Å². The predicted octanol–water partition coefficient (Wildman–Crippen LogP) is 10.5. The van der Waals surface area contributed by atoms with Gasteiger partial charge < -0.3 is 4.42 Å². The van der Waals surface area contributed by atoms with Gasteiger partial charge in [-0.3, -0.25) is 14.5 Å². The van der Waals surface area contributed by atoms with Gasteiger partial charge in [0.05, 0.1) is 28.6 Å². The van der Waals surface area contributed by atoms with E-state index in [-0.39, 0.29) is 11.8 Å². The normalized spacial score (nSPS) is 12.1. The monoisotopic (exact) mass is 601 g/mol. The zero-order chi connectivity index (χ0) is 31.7. The van der Waals surface area contributed by atoms with Crippen molar-refractivity contribution in [3.63, 3.8) is 0 Å². The first kappa shape index (κ1) is 28.1. The van der Waals surface area contributed by atoms with Gasteiger partial charge in [-0.25, -0.2) is 9.97 Å². The van der Waals surface area contributed by atoms with Gasteiger partial charge in [-0.05, 0) is 95.1 Å². The molecule has 5 aromatic heterocycles. The number of pyridine rings is 3. The van der Waals surface area contributed by atoms with Crippen LogP contribution < -0.4 is 0 Å². The number of hydrogen-bond acceptors (Lipinski definition) is 5. The zero-order valence-electron chi connectivity index (χ0n) is 27.0. The lowest BCUT2D eigenvalue weighted by Gasteiger charge is -2.24. The van der Waals surface area contributed by atoms with Gasteiger partial charge >= 0.3 is 0 Å². The molecule has 5 heterocycles. The van der Waals surface area contributed by atoms with Gasteiger partial charge in [-0.1, -0.05) is 64.1 Å². The van der Waals surface area contributed by atoms with Crippen molar-refractivity contribution in [3.05, 3.63) is 114 Å². The van der Waals surface area contributed by atoms with Crippen molar-refractivity contribution in [2.24, 2.45) is 0 Å². The van der Waals surface area contributed by atoms with E-state index in [0.717, 1.165) is 50.3 Å². The summed E-state index contributed by atoms with van der Waals surface area (Å²) in [6, 6.07) is 26.2. The Morgan fingerprint density at radius 1 is 0.739 bits per heavy atom. The van der Waals surface area contributed by atoms with E-state index in [2.05, 4.69) is 110 Å². The zero-order valence-corrected chi connectivity index (χ0v) is 27.0. The van der Waals surface area contributed by atoms with Crippen molar-refractivity contribution in [1.82, 2.24) is 24.5 Å². The van der Waals surface area contributed by atoms with E-state index in [0.29, 0.717) is 11.3 Å². The summed E-state index contributed by atoms with van der Waals surface area (Å²) in [7, 11) is 0. The molecule has 6 nitrogen and oxygen atoms in total. The van der Waals surface area contributed by atoms with Crippen LogP contribution in [0.25, 0.3) is 72.1 Å². The molecule has 46 heavy (non-hydrogen) atoms. The summed E-state index contributed by atoms with van der Waals surface area (Å²) in [6.45, 7) is 13.1. The van der Waals surface area contributed by atoms with E-state index in [1.54, 1.807) is 6.20 Å². The average molecular weight is 602 g/mol. The molecule has 0 saturated carbocycles. The van der Waals surface area contributed by atoms with Gasteiger partial charge in [-0.2, -0.15) is 0 Å². The molecule has 0 saturated heterocycles. The molecule has 0 radical (unpaired) electrons. The van der Waals surface area contributed by atoms with E-state index in [1.807, 2.05) is 31.5 Å². The Bertz CT molecular complexity index is 2440. The maximum absolute atomic E-state index is 6.23. The molecular formula is C40H35N5O. The first-order chi connectivity index (χ1) is 22.3. The second kappa shape index (κ2) is 10.6. The van der Waals surface area contributed by atoms with Crippen molar-refractivity contribution < 1.29 is 4.42 Å².